The van der Waals surface area contributed by atoms with Crippen molar-refractivity contribution in [2.24, 2.45) is 0 Å². The van der Waals surface area contributed by atoms with Gasteiger partial charge in [0.2, 0.25) is 0 Å². The van der Waals surface area contributed by atoms with Crippen LogP contribution < -0.4 is 5.32 Å². The first-order valence-corrected chi connectivity index (χ1v) is 10.3. The Morgan fingerprint density at radius 2 is 1.90 bits per heavy atom. The highest BCUT2D eigenvalue weighted by Crippen LogP contribution is 2.34. The summed E-state index contributed by atoms with van der Waals surface area (Å²) in [4.78, 5) is 12.8. The van der Waals surface area contributed by atoms with Crippen molar-refractivity contribution in [3.8, 4) is 5.69 Å². The van der Waals surface area contributed by atoms with E-state index in [0.29, 0.717) is 22.0 Å². The minimum atomic E-state index is -4.68. The van der Waals surface area contributed by atoms with Crippen molar-refractivity contribution in [2.45, 2.75) is 17.7 Å². The quantitative estimate of drug-likeness (QED) is 0.650. The van der Waals surface area contributed by atoms with Crippen molar-refractivity contribution in [1.82, 2.24) is 9.78 Å². The number of anilines is 1. The van der Waals surface area contributed by atoms with Gasteiger partial charge in [-0.1, -0.05) is 29.8 Å². The smallest absolute Gasteiger partial charge is 0.306 e. The maximum Gasteiger partial charge on any atom is 0.417 e. The third kappa shape index (κ3) is 3.79. The maximum atomic E-state index is 13.3. The second-order valence-corrected chi connectivity index (χ2v) is 8.28. The second kappa shape index (κ2) is 7.31. The Hall–Kier alpha value is -2.65. The number of amides is 1. The van der Waals surface area contributed by atoms with Crippen LogP contribution in [-0.2, 0) is 28.5 Å². The molecule has 0 saturated heterocycles. The molecule has 2 heterocycles. The molecule has 1 amide bonds. The molecular weight excluding hydrogens is 427 g/mol. The first-order chi connectivity index (χ1) is 13.7. The van der Waals surface area contributed by atoms with E-state index in [-0.39, 0.29) is 17.3 Å². The van der Waals surface area contributed by atoms with E-state index in [0.717, 1.165) is 12.1 Å². The van der Waals surface area contributed by atoms with Crippen molar-refractivity contribution in [3.63, 3.8) is 0 Å². The lowest BCUT2D eigenvalue weighted by Crippen LogP contribution is -2.21. The van der Waals surface area contributed by atoms with E-state index >= 15 is 0 Å². The number of rotatable bonds is 3. The Morgan fingerprint density at radius 3 is 2.62 bits per heavy atom. The van der Waals surface area contributed by atoms with E-state index < -0.39 is 34.0 Å². The number of aromatic nitrogens is 2. The molecular formula is C19H13ClF3N3O2S. The van der Waals surface area contributed by atoms with E-state index in [2.05, 4.69) is 10.4 Å². The predicted molar refractivity (Wildman–Crippen MR) is 104 cm³/mol. The highest BCUT2D eigenvalue weighted by molar-refractivity contribution is 7.83. The van der Waals surface area contributed by atoms with Gasteiger partial charge in [-0.2, -0.15) is 18.3 Å². The summed E-state index contributed by atoms with van der Waals surface area (Å²) in [5, 5.41) is 7.37. The number of hydrogen-bond acceptors (Lipinski definition) is 3. The molecule has 1 N–H and O–H groups in total. The number of carbonyl (C=O) groups is 1. The molecule has 0 bridgehead atoms. The lowest BCUT2D eigenvalue weighted by molar-refractivity contribution is -0.137. The molecule has 0 spiro atoms. The van der Waals surface area contributed by atoms with E-state index in [9.17, 15) is 22.2 Å². The third-order valence-electron chi connectivity index (χ3n) is 4.43. The van der Waals surface area contributed by atoms with Crippen LogP contribution in [0.4, 0.5) is 19.0 Å². The zero-order valence-corrected chi connectivity index (χ0v) is 16.2. The van der Waals surface area contributed by atoms with E-state index in [1.54, 1.807) is 24.3 Å². The number of nitrogens with zero attached hydrogens (tertiary/aromatic N) is 2. The summed E-state index contributed by atoms with van der Waals surface area (Å²) >= 11 is 6.04. The van der Waals surface area contributed by atoms with Crippen LogP contribution in [0.15, 0.2) is 48.5 Å². The van der Waals surface area contributed by atoms with Crippen LogP contribution >= 0.6 is 11.6 Å². The zero-order chi connectivity index (χ0) is 20.8. The SMILES string of the molecule is O=C(Nc1c2c(nn1-c1cccc(Cl)c1)CS(=O)C2)c1ccccc1C(F)(F)F. The number of fused-ring (bicyclic) bond motifs is 1. The van der Waals surface area contributed by atoms with Gasteiger partial charge in [-0.3, -0.25) is 9.00 Å². The number of hydrogen-bond donors (Lipinski definition) is 1. The normalized spacial score (nSPS) is 15.9. The number of alkyl halides is 3. The van der Waals surface area contributed by atoms with E-state index in [1.807, 2.05) is 0 Å². The molecule has 0 fully saturated rings. The van der Waals surface area contributed by atoms with E-state index in [4.69, 9.17) is 11.6 Å². The summed E-state index contributed by atoms with van der Waals surface area (Å²) < 4.78 is 53.2. The van der Waals surface area contributed by atoms with Gasteiger partial charge < -0.3 is 5.32 Å². The van der Waals surface area contributed by atoms with Crippen molar-refractivity contribution >= 4 is 34.1 Å². The fourth-order valence-corrected chi connectivity index (χ4v) is 4.60. The molecule has 5 nitrogen and oxygen atoms in total. The summed E-state index contributed by atoms with van der Waals surface area (Å²) in [6.07, 6.45) is -4.68. The first-order valence-electron chi connectivity index (χ1n) is 8.43. The Morgan fingerprint density at radius 1 is 1.14 bits per heavy atom. The van der Waals surface area contributed by atoms with Gasteiger partial charge in [0.1, 0.15) is 5.82 Å². The summed E-state index contributed by atoms with van der Waals surface area (Å²) in [6.45, 7) is 0. The molecule has 150 valence electrons. The van der Waals surface area contributed by atoms with Gasteiger partial charge in [-0.25, -0.2) is 4.68 Å². The van der Waals surface area contributed by atoms with Crippen LogP contribution in [0, 0.1) is 0 Å². The summed E-state index contributed by atoms with van der Waals surface area (Å²) in [6, 6.07) is 11.2. The summed E-state index contributed by atoms with van der Waals surface area (Å²) in [5.74, 6) is -0.367. The fourth-order valence-electron chi connectivity index (χ4n) is 3.15. The molecule has 1 aromatic heterocycles. The van der Waals surface area contributed by atoms with Gasteiger partial charge >= 0.3 is 6.18 Å². The molecule has 4 rings (SSSR count). The molecule has 0 aliphatic carbocycles. The topological polar surface area (TPSA) is 64.0 Å². The molecule has 1 aliphatic heterocycles. The predicted octanol–water partition coefficient (Wildman–Crippen LogP) is 4.56. The van der Waals surface area contributed by atoms with Crippen molar-refractivity contribution in [1.29, 1.82) is 0 Å². The van der Waals surface area contributed by atoms with Gasteiger partial charge in [-0.15, -0.1) is 0 Å². The van der Waals surface area contributed by atoms with Gasteiger partial charge in [0.05, 0.1) is 34.0 Å². The second-order valence-electron chi connectivity index (χ2n) is 6.39. The molecule has 1 aliphatic rings. The molecule has 1 atom stereocenters. The average Bonchev–Trinajstić information content (AvgIpc) is 3.18. The minimum Gasteiger partial charge on any atom is -0.306 e. The number of halogens is 4. The van der Waals surface area contributed by atoms with Gasteiger partial charge in [0, 0.05) is 21.4 Å². The van der Waals surface area contributed by atoms with Gasteiger partial charge in [0.15, 0.2) is 0 Å². The lowest BCUT2D eigenvalue weighted by Gasteiger charge is -2.14. The Balaban J connectivity index is 1.78. The van der Waals surface area contributed by atoms with Crippen LogP contribution in [0.2, 0.25) is 5.02 Å². The molecule has 29 heavy (non-hydrogen) atoms. The zero-order valence-electron chi connectivity index (χ0n) is 14.7. The standard InChI is InChI=1S/C19H13ClF3N3O2S/c20-11-4-3-5-12(8-11)26-17(14-9-29(28)10-16(14)25-26)24-18(27)13-6-1-2-7-15(13)19(21,22)23/h1-8H,9-10H2,(H,24,27). The Bertz CT molecular complexity index is 1140. The molecule has 1 unspecified atom stereocenters. The van der Waals surface area contributed by atoms with Crippen LogP contribution in [0.3, 0.4) is 0 Å². The van der Waals surface area contributed by atoms with Crippen LogP contribution in [0.25, 0.3) is 5.69 Å². The van der Waals surface area contributed by atoms with Crippen molar-refractivity contribution < 1.29 is 22.2 Å². The van der Waals surface area contributed by atoms with Gasteiger partial charge in [0.25, 0.3) is 5.91 Å². The maximum absolute atomic E-state index is 13.3. The number of nitrogens with one attached hydrogen (secondary N) is 1. The Labute approximate surface area is 170 Å². The third-order valence-corrected chi connectivity index (χ3v) is 5.87. The Kier molecular flexibility index (Phi) is 4.95. The largest absolute Gasteiger partial charge is 0.417 e. The fraction of sp³-hybridized carbons (Fsp3) is 0.158. The first kappa shape index (κ1) is 19.7. The van der Waals surface area contributed by atoms with Crippen molar-refractivity contribution in [2.75, 3.05) is 5.32 Å². The molecule has 3 aromatic rings. The molecule has 2 aromatic carbocycles. The summed E-state index contributed by atoms with van der Waals surface area (Å²) in [7, 11) is -1.18. The van der Waals surface area contributed by atoms with Crippen LogP contribution in [0.1, 0.15) is 27.2 Å². The summed E-state index contributed by atoms with van der Waals surface area (Å²) in [5.41, 5.74) is 0.0548. The van der Waals surface area contributed by atoms with E-state index in [1.165, 1.54) is 16.8 Å². The molecule has 0 radical (unpaired) electrons. The lowest BCUT2D eigenvalue weighted by atomic mass is 10.1. The average molecular weight is 440 g/mol. The highest BCUT2D eigenvalue weighted by Gasteiger charge is 2.36. The number of carbonyl (C=O) groups excluding carboxylic acids is 1. The number of benzene rings is 2. The molecule has 0 saturated carbocycles. The van der Waals surface area contributed by atoms with Crippen LogP contribution in [0.5, 0.6) is 0 Å². The highest BCUT2D eigenvalue weighted by atomic mass is 35.5. The van der Waals surface area contributed by atoms with Crippen LogP contribution in [-0.4, -0.2) is 19.9 Å². The molecule has 10 heteroatoms. The van der Waals surface area contributed by atoms with Crippen molar-refractivity contribution in [3.05, 3.63) is 75.9 Å². The monoisotopic (exact) mass is 439 g/mol. The van der Waals surface area contributed by atoms with Gasteiger partial charge in [-0.05, 0) is 30.3 Å². The minimum absolute atomic E-state index is 0.159.